The van der Waals surface area contributed by atoms with Gasteiger partial charge in [-0.1, -0.05) is 23.2 Å². The minimum absolute atomic E-state index is 0.0647. The Bertz CT molecular complexity index is 661. The average molecular weight is 358 g/mol. The molecule has 0 aromatic heterocycles. The summed E-state index contributed by atoms with van der Waals surface area (Å²) in [4.78, 5) is 10.1. The predicted octanol–water partition coefficient (Wildman–Crippen LogP) is 3.05. The Hall–Kier alpha value is -0.890. The maximum atomic E-state index is 13.6. The molecule has 0 fully saturated rings. The average Bonchev–Trinajstić information content (AvgIpc) is 2.32. The molecule has 0 radical (unpaired) electrons. The highest BCUT2D eigenvalue weighted by Crippen LogP contribution is 2.30. The van der Waals surface area contributed by atoms with Gasteiger partial charge in [0.25, 0.3) is 0 Å². The number of benzene rings is 1. The van der Waals surface area contributed by atoms with Crippen molar-refractivity contribution in [3.63, 3.8) is 0 Å². The summed E-state index contributed by atoms with van der Waals surface area (Å²) in [5, 5.41) is 7.75. The van der Waals surface area contributed by atoms with Gasteiger partial charge in [-0.3, -0.25) is 4.79 Å². The smallest absolute Gasteiger partial charge is 0.303 e. The summed E-state index contributed by atoms with van der Waals surface area (Å²) < 4.78 is 40.3. The van der Waals surface area contributed by atoms with Crippen molar-refractivity contribution in [2.75, 3.05) is 0 Å². The van der Waals surface area contributed by atoms with Crippen molar-refractivity contribution in [3.8, 4) is 0 Å². The van der Waals surface area contributed by atoms with Gasteiger partial charge in [0.2, 0.25) is 10.0 Å². The van der Waals surface area contributed by atoms with Crippen molar-refractivity contribution >= 4 is 39.2 Å². The van der Waals surface area contributed by atoms with E-state index in [9.17, 15) is 17.6 Å². The van der Waals surface area contributed by atoms with E-state index in [1.165, 1.54) is 13.8 Å². The van der Waals surface area contributed by atoms with E-state index in [2.05, 4.69) is 4.72 Å². The van der Waals surface area contributed by atoms with Crippen molar-refractivity contribution in [1.29, 1.82) is 0 Å². The molecule has 0 aliphatic heterocycles. The summed E-state index contributed by atoms with van der Waals surface area (Å²) in [6, 6.07) is 2.17. The molecule has 0 heterocycles. The van der Waals surface area contributed by atoms with Crippen LogP contribution in [0, 0.1) is 5.82 Å². The Morgan fingerprint density at radius 3 is 2.48 bits per heavy atom. The Morgan fingerprint density at radius 2 is 1.95 bits per heavy atom. The fourth-order valence-electron chi connectivity index (χ4n) is 1.60. The van der Waals surface area contributed by atoms with Gasteiger partial charge in [0.15, 0.2) is 5.82 Å². The molecule has 2 N–H and O–H groups in total. The predicted molar refractivity (Wildman–Crippen MR) is 77.7 cm³/mol. The van der Waals surface area contributed by atoms with Crippen LogP contribution in [0.3, 0.4) is 0 Å². The van der Waals surface area contributed by atoms with Gasteiger partial charge in [0.05, 0.1) is 10.0 Å². The van der Waals surface area contributed by atoms with E-state index in [0.29, 0.717) is 0 Å². The van der Waals surface area contributed by atoms with Gasteiger partial charge in [-0.25, -0.2) is 17.5 Å². The summed E-state index contributed by atoms with van der Waals surface area (Å²) in [6.45, 7) is 3.04. The van der Waals surface area contributed by atoms with E-state index >= 15 is 0 Å². The van der Waals surface area contributed by atoms with E-state index in [1.54, 1.807) is 0 Å². The highest BCUT2D eigenvalue weighted by molar-refractivity contribution is 7.89. The van der Waals surface area contributed by atoms with E-state index in [4.69, 9.17) is 28.3 Å². The lowest BCUT2D eigenvalue weighted by Gasteiger charge is -2.25. The largest absolute Gasteiger partial charge is 0.481 e. The maximum absolute atomic E-state index is 13.6. The Morgan fingerprint density at radius 1 is 1.38 bits per heavy atom. The van der Waals surface area contributed by atoms with E-state index in [-0.39, 0.29) is 17.9 Å². The summed E-state index contributed by atoms with van der Waals surface area (Å²) in [5.41, 5.74) is -1.03. The highest BCUT2D eigenvalue weighted by Gasteiger charge is 2.29. The normalized spacial score (nSPS) is 12.4. The lowest BCUT2D eigenvalue weighted by molar-refractivity contribution is -0.137. The fourth-order valence-corrected chi connectivity index (χ4v) is 3.79. The van der Waals surface area contributed by atoms with Gasteiger partial charge in [0, 0.05) is 12.0 Å². The lowest BCUT2D eigenvalue weighted by Crippen LogP contribution is -2.43. The second kappa shape index (κ2) is 6.48. The standard InChI is InChI=1S/C12H14Cl2FNO4S/c1-12(2,6-5-9(17)18)16-21(19,20)8-4-3-7(13)11(15)10(8)14/h3-4,16H,5-6H2,1-2H3,(H,17,18). The van der Waals surface area contributed by atoms with Crippen LogP contribution in [0.2, 0.25) is 10.0 Å². The van der Waals surface area contributed by atoms with Crippen LogP contribution < -0.4 is 4.72 Å². The summed E-state index contributed by atoms with van der Waals surface area (Å²) in [7, 11) is -4.11. The van der Waals surface area contributed by atoms with Crippen molar-refractivity contribution in [1.82, 2.24) is 4.72 Å². The first-order valence-corrected chi connectivity index (χ1v) is 8.09. The minimum Gasteiger partial charge on any atom is -0.481 e. The van der Waals surface area contributed by atoms with Crippen molar-refractivity contribution in [2.45, 2.75) is 37.1 Å². The molecule has 0 unspecified atom stereocenters. The third-order valence-corrected chi connectivity index (χ3v) is 5.18. The van der Waals surface area contributed by atoms with Gasteiger partial charge < -0.3 is 5.11 Å². The molecule has 0 aliphatic rings. The lowest BCUT2D eigenvalue weighted by atomic mass is 10.0. The molecule has 0 atom stereocenters. The van der Waals surface area contributed by atoms with E-state index in [1.807, 2.05) is 0 Å². The Labute approximate surface area is 132 Å². The molecule has 118 valence electrons. The number of hydrogen-bond donors (Lipinski definition) is 2. The van der Waals surface area contributed by atoms with Gasteiger partial charge in [-0.15, -0.1) is 0 Å². The first kappa shape index (κ1) is 18.2. The molecule has 21 heavy (non-hydrogen) atoms. The third kappa shape index (κ3) is 4.81. The van der Waals surface area contributed by atoms with Gasteiger partial charge in [-0.2, -0.15) is 0 Å². The van der Waals surface area contributed by atoms with Gasteiger partial charge >= 0.3 is 5.97 Å². The van der Waals surface area contributed by atoms with Gasteiger partial charge in [0.1, 0.15) is 4.90 Å². The van der Waals surface area contributed by atoms with Crippen LogP contribution in [0.1, 0.15) is 26.7 Å². The third-order valence-electron chi connectivity index (χ3n) is 2.66. The number of aliphatic carboxylic acids is 1. The number of carboxylic acid groups (broad SMARTS) is 1. The number of sulfonamides is 1. The number of nitrogens with one attached hydrogen (secondary N) is 1. The summed E-state index contributed by atoms with van der Waals surface area (Å²) in [5.74, 6) is -2.07. The topological polar surface area (TPSA) is 83.5 Å². The van der Waals surface area contributed by atoms with Crippen molar-refractivity contribution < 1.29 is 22.7 Å². The van der Waals surface area contributed by atoms with Crippen LogP contribution in [-0.4, -0.2) is 25.0 Å². The number of carbonyl (C=O) groups is 1. The second-order valence-electron chi connectivity index (χ2n) is 5.06. The minimum atomic E-state index is -4.11. The number of rotatable bonds is 6. The van der Waals surface area contributed by atoms with E-state index in [0.717, 1.165) is 12.1 Å². The quantitative estimate of drug-likeness (QED) is 0.766. The summed E-state index contributed by atoms with van der Waals surface area (Å²) in [6.07, 6.45) is -0.145. The molecular weight excluding hydrogens is 344 g/mol. The molecule has 1 rings (SSSR count). The molecule has 0 amide bonds. The van der Waals surface area contributed by atoms with Gasteiger partial charge in [-0.05, 0) is 32.4 Å². The number of hydrogen-bond acceptors (Lipinski definition) is 3. The van der Waals surface area contributed by atoms with Crippen LogP contribution in [0.5, 0.6) is 0 Å². The molecule has 0 saturated heterocycles. The zero-order valence-corrected chi connectivity index (χ0v) is 13.6. The van der Waals surface area contributed by atoms with Crippen molar-refractivity contribution in [3.05, 3.63) is 28.0 Å². The maximum Gasteiger partial charge on any atom is 0.303 e. The first-order valence-electron chi connectivity index (χ1n) is 5.85. The fraction of sp³-hybridized carbons (Fsp3) is 0.417. The van der Waals surface area contributed by atoms with Crippen LogP contribution in [0.25, 0.3) is 0 Å². The molecular formula is C12H14Cl2FNO4S. The first-order chi connectivity index (χ1) is 9.46. The Balaban J connectivity index is 3.07. The van der Waals surface area contributed by atoms with E-state index < -0.39 is 37.3 Å². The van der Waals surface area contributed by atoms with Crippen molar-refractivity contribution in [2.24, 2.45) is 0 Å². The molecule has 5 nitrogen and oxygen atoms in total. The number of halogens is 3. The molecule has 0 aliphatic carbocycles. The molecule has 1 aromatic carbocycles. The molecule has 0 saturated carbocycles. The second-order valence-corrected chi connectivity index (χ2v) is 7.49. The SMILES string of the molecule is CC(C)(CCC(=O)O)NS(=O)(=O)c1ccc(Cl)c(F)c1Cl. The zero-order valence-electron chi connectivity index (χ0n) is 11.3. The molecule has 9 heteroatoms. The molecule has 1 aromatic rings. The monoisotopic (exact) mass is 357 g/mol. The van der Waals surface area contributed by atoms with Crippen LogP contribution in [0.4, 0.5) is 4.39 Å². The van der Waals surface area contributed by atoms with Crippen LogP contribution in [0.15, 0.2) is 17.0 Å². The van der Waals surface area contributed by atoms with Crippen LogP contribution >= 0.6 is 23.2 Å². The summed E-state index contributed by atoms with van der Waals surface area (Å²) >= 11 is 11.2. The molecule has 0 spiro atoms. The Kier molecular flexibility index (Phi) is 5.60. The van der Waals surface area contributed by atoms with Crippen LogP contribution in [-0.2, 0) is 14.8 Å². The number of carboxylic acids is 1. The zero-order chi connectivity index (χ0) is 16.4. The molecule has 0 bridgehead atoms. The highest BCUT2D eigenvalue weighted by atomic mass is 35.5.